The average molecular weight is 494 g/mol. The van der Waals surface area contributed by atoms with Gasteiger partial charge in [-0.05, 0) is 57.7 Å². The second-order valence-corrected chi connectivity index (χ2v) is 10.9. The smallest absolute Gasteiger partial charge is 0.309 e. The van der Waals surface area contributed by atoms with Crippen molar-refractivity contribution in [3.05, 3.63) is 29.8 Å². The Hall–Kier alpha value is -2.46. The Kier molecular flexibility index (Phi) is 8.70. The fourth-order valence-corrected chi connectivity index (χ4v) is 6.32. The molecule has 0 aromatic heterocycles. The van der Waals surface area contributed by atoms with Gasteiger partial charge in [0.1, 0.15) is 0 Å². The van der Waals surface area contributed by atoms with Gasteiger partial charge < -0.3 is 14.5 Å². The van der Waals surface area contributed by atoms with Gasteiger partial charge in [-0.25, -0.2) is 8.42 Å². The molecule has 1 aromatic carbocycles. The van der Waals surface area contributed by atoms with Crippen molar-refractivity contribution in [2.75, 3.05) is 39.8 Å². The summed E-state index contributed by atoms with van der Waals surface area (Å²) in [6, 6.07) is 5.94. The molecule has 2 aliphatic rings. The zero-order chi connectivity index (χ0) is 24.9. The third-order valence-corrected chi connectivity index (χ3v) is 8.63. The number of likely N-dealkylation sites (N-methyl/N-ethyl adjacent to an activating group) is 1. The van der Waals surface area contributed by atoms with Crippen molar-refractivity contribution in [2.45, 2.75) is 56.9 Å². The SMILES string of the molecule is CCOC(=O)C1CCN(C(=O)CN(C)C(=O)c2cccc(S(=O)(=O)N3CCCCC3C)c2)CC1. The van der Waals surface area contributed by atoms with Crippen LogP contribution in [0.5, 0.6) is 0 Å². The minimum atomic E-state index is -3.70. The van der Waals surface area contributed by atoms with E-state index in [0.29, 0.717) is 39.1 Å². The lowest BCUT2D eigenvalue weighted by molar-refractivity contribution is -0.151. The first-order valence-electron chi connectivity index (χ1n) is 12.0. The molecule has 2 saturated heterocycles. The van der Waals surface area contributed by atoms with E-state index < -0.39 is 15.9 Å². The number of carbonyl (C=O) groups is 3. The summed E-state index contributed by atoms with van der Waals surface area (Å²) < 4.78 is 32.9. The van der Waals surface area contributed by atoms with E-state index >= 15 is 0 Å². The van der Waals surface area contributed by atoms with Crippen LogP contribution >= 0.6 is 0 Å². The van der Waals surface area contributed by atoms with Gasteiger partial charge in [-0.2, -0.15) is 4.31 Å². The second-order valence-electron chi connectivity index (χ2n) is 9.06. The van der Waals surface area contributed by atoms with Crippen LogP contribution in [0.4, 0.5) is 0 Å². The van der Waals surface area contributed by atoms with E-state index in [1.807, 2.05) is 6.92 Å². The molecule has 1 atom stereocenters. The van der Waals surface area contributed by atoms with Crippen LogP contribution in [0, 0.1) is 5.92 Å². The molecule has 0 saturated carbocycles. The van der Waals surface area contributed by atoms with Crippen molar-refractivity contribution in [1.29, 1.82) is 0 Å². The van der Waals surface area contributed by atoms with Gasteiger partial charge in [-0.15, -0.1) is 0 Å². The number of nitrogens with zero attached hydrogens (tertiary/aromatic N) is 3. The number of ether oxygens (including phenoxy) is 1. The highest BCUT2D eigenvalue weighted by Crippen LogP contribution is 2.26. The minimum absolute atomic E-state index is 0.0774. The van der Waals surface area contributed by atoms with Gasteiger partial charge >= 0.3 is 5.97 Å². The van der Waals surface area contributed by atoms with Crippen LogP contribution < -0.4 is 0 Å². The number of hydrogen-bond donors (Lipinski definition) is 0. The van der Waals surface area contributed by atoms with Crippen LogP contribution in [0.1, 0.15) is 56.3 Å². The molecule has 0 bridgehead atoms. The maximum absolute atomic E-state index is 13.1. The van der Waals surface area contributed by atoms with Crippen molar-refractivity contribution in [1.82, 2.24) is 14.1 Å². The maximum Gasteiger partial charge on any atom is 0.309 e. The predicted molar refractivity (Wildman–Crippen MR) is 127 cm³/mol. The number of amides is 2. The van der Waals surface area contributed by atoms with E-state index in [9.17, 15) is 22.8 Å². The van der Waals surface area contributed by atoms with Crippen LogP contribution in [0.3, 0.4) is 0 Å². The fraction of sp³-hybridized carbons (Fsp3) is 0.625. The Morgan fingerprint density at radius 2 is 1.79 bits per heavy atom. The van der Waals surface area contributed by atoms with Crippen molar-refractivity contribution in [3.63, 3.8) is 0 Å². The highest BCUT2D eigenvalue weighted by molar-refractivity contribution is 7.89. The number of rotatable bonds is 7. The molecule has 0 radical (unpaired) electrons. The van der Waals surface area contributed by atoms with Crippen molar-refractivity contribution >= 4 is 27.8 Å². The first-order chi connectivity index (χ1) is 16.1. The van der Waals surface area contributed by atoms with Gasteiger partial charge in [0.2, 0.25) is 15.9 Å². The van der Waals surface area contributed by atoms with Gasteiger partial charge in [0.15, 0.2) is 0 Å². The van der Waals surface area contributed by atoms with Crippen LogP contribution in [-0.4, -0.2) is 86.2 Å². The number of piperidine rings is 2. The van der Waals surface area contributed by atoms with Crippen LogP contribution in [0.2, 0.25) is 0 Å². The summed E-state index contributed by atoms with van der Waals surface area (Å²) in [5.74, 6) is -1.05. The van der Waals surface area contributed by atoms with Gasteiger partial charge in [0, 0.05) is 38.3 Å². The highest BCUT2D eigenvalue weighted by atomic mass is 32.2. The second kappa shape index (κ2) is 11.3. The monoisotopic (exact) mass is 493 g/mol. The molecule has 2 amide bonds. The summed E-state index contributed by atoms with van der Waals surface area (Å²) in [4.78, 5) is 40.6. The van der Waals surface area contributed by atoms with E-state index in [-0.39, 0.29) is 40.8 Å². The van der Waals surface area contributed by atoms with Gasteiger partial charge in [0.05, 0.1) is 24.0 Å². The van der Waals surface area contributed by atoms with Crippen LogP contribution in [0.15, 0.2) is 29.2 Å². The Morgan fingerprint density at radius 1 is 1.09 bits per heavy atom. The van der Waals surface area contributed by atoms with Gasteiger partial charge in [-0.1, -0.05) is 12.5 Å². The number of sulfonamides is 1. The summed E-state index contributed by atoms with van der Waals surface area (Å²) in [6.45, 7) is 5.23. The first-order valence-corrected chi connectivity index (χ1v) is 13.4. The predicted octanol–water partition coefficient (Wildman–Crippen LogP) is 2.12. The summed E-state index contributed by atoms with van der Waals surface area (Å²) in [6.07, 6.45) is 3.73. The summed E-state index contributed by atoms with van der Waals surface area (Å²) in [5.41, 5.74) is 0.224. The number of esters is 1. The quantitative estimate of drug-likeness (QED) is 0.539. The zero-order valence-corrected chi connectivity index (χ0v) is 21.1. The molecular formula is C24H35N3O6S. The molecule has 2 fully saturated rings. The van der Waals surface area contributed by atoms with E-state index in [1.165, 1.54) is 28.4 Å². The minimum Gasteiger partial charge on any atom is -0.466 e. The number of benzene rings is 1. The maximum atomic E-state index is 13.1. The first kappa shape index (κ1) is 26.2. The van der Waals surface area contributed by atoms with E-state index in [4.69, 9.17) is 4.74 Å². The number of carbonyl (C=O) groups excluding carboxylic acids is 3. The topological polar surface area (TPSA) is 104 Å². The zero-order valence-electron chi connectivity index (χ0n) is 20.2. The molecule has 0 spiro atoms. The molecule has 10 heteroatoms. The highest BCUT2D eigenvalue weighted by Gasteiger charge is 2.32. The number of hydrogen-bond acceptors (Lipinski definition) is 6. The lowest BCUT2D eigenvalue weighted by atomic mass is 9.97. The average Bonchev–Trinajstić information content (AvgIpc) is 2.84. The van der Waals surface area contributed by atoms with Crippen molar-refractivity contribution in [2.24, 2.45) is 5.92 Å². The van der Waals surface area contributed by atoms with Crippen LogP contribution in [-0.2, 0) is 24.3 Å². The van der Waals surface area contributed by atoms with Gasteiger partial charge in [-0.3, -0.25) is 14.4 Å². The summed E-state index contributed by atoms with van der Waals surface area (Å²) >= 11 is 0. The standard InChI is InChI=1S/C24H35N3O6S/c1-4-33-24(30)19-11-14-26(15-12-19)22(28)17-25(3)23(29)20-9-7-10-21(16-20)34(31,32)27-13-6-5-8-18(27)2/h7,9-10,16,18-19H,4-6,8,11-15,17H2,1-3H3. The molecule has 2 aliphatic heterocycles. The molecule has 1 aromatic rings. The van der Waals surface area contributed by atoms with Crippen LogP contribution in [0.25, 0.3) is 0 Å². The van der Waals surface area contributed by atoms with Gasteiger partial charge in [0.25, 0.3) is 5.91 Å². The Labute approximate surface area is 202 Å². The number of likely N-dealkylation sites (tertiary alicyclic amines) is 1. The van der Waals surface area contributed by atoms with Crippen molar-refractivity contribution in [3.8, 4) is 0 Å². The molecule has 1 unspecified atom stereocenters. The molecule has 9 nitrogen and oxygen atoms in total. The summed E-state index contributed by atoms with van der Waals surface area (Å²) in [7, 11) is -2.17. The molecular weight excluding hydrogens is 458 g/mol. The Bertz CT molecular complexity index is 1000. The third kappa shape index (κ3) is 5.96. The molecule has 2 heterocycles. The van der Waals surface area contributed by atoms with Crippen molar-refractivity contribution < 1.29 is 27.5 Å². The lowest BCUT2D eigenvalue weighted by Gasteiger charge is -2.32. The van der Waals surface area contributed by atoms with E-state index in [1.54, 1.807) is 24.0 Å². The molecule has 0 aliphatic carbocycles. The third-order valence-electron chi connectivity index (χ3n) is 6.62. The molecule has 188 valence electrons. The Morgan fingerprint density at radius 3 is 2.44 bits per heavy atom. The fourth-order valence-electron chi connectivity index (χ4n) is 4.57. The summed E-state index contributed by atoms with van der Waals surface area (Å²) in [5, 5.41) is 0. The Balaban J connectivity index is 1.62. The lowest BCUT2D eigenvalue weighted by Crippen LogP contribution is -2.45. The molecule has 0 N–H and O–H groups in total. The molecule has 34 heavy (non-hydrogen) atoms. The largest absolute Gasteiger partial charge is 0.466 e. The normalized spacial score (nSPS) is 20.1. The van der Waals surface area contributed by atoms with E-state index in [2.05, 4.69) is 0 Å². The van der Waals surface area contributed by atoms with E-state index in [0.717, 1.165) is 19.3 Å². The molecule has 3 rings (SSSR count).